The minimum Gasteiger partial charge on any atom is -0.496 e. The van der Waals surface area contributed by atoms with Crippen molar-refractivity contribution in [1.82, 2.24) is 19.8 Å². The van der Waals surface area contributed by atoms with E-state index in [-0.39, 0.29) is 5.91 Å². The van der Waals surface area contributed by atoms with Crippen LogP contribution >= 0.6 is 0 Å². The number of carbonyl (C=O) groups excluding carboxylic acids is 1. The van der Waals surface area contributed by atoms with Gasteiger partial charge in [-0.25, -0.2) is 4.98 Å². The van der Waals surface area contributed by atoms with Crippen molar-refractivity contribution < 1.29 is 9.53 Å². The monoisotopic (exact) mass is 330 g/mol. The van der Waals surface area contributed by atoms with E-state index >= 15 is 0 Å². The van der Waals surface area contributed by atoms with Crippen LogP contribution < -0.4 is 4.74 Å². The Bertz CT molecular complexity index is 694. The number of amides is 1. The number of rotatable bonds is 7. The van der Waals surface area contributed by atoms with Gasteiger partial charge in [0.15, 0.2) is 0 Å². The number of hydrogen-bond donors (Lipinski definition) is 1. The summed E-state index contributed by atoms with van der Waals surface area (Å²) < 4.78 is 5.38. The van der Waals surface area contributed by atoms with E-state index in [2.05, 4.69) is 14.9 Å². The molecule has 0 aliphatic rings. The van der Waals surface area contributed by atoms with Crippen LogP contribution in [-0.4, -0.2) is 60.0 Å². The zero-order valence-corrected chi connectivity index (χ0v) is 15.1. The highest BCUT2D eigenvalue weighted by Gasteiger charge is 2.21. The van der Waals surface area contributed by atoms with Crippen LogP contribution in [0.4, 0.5) is 0 Å². The molecule has 0 unspecified atom stereocenters. The van der Waals surface area contributed by atoms with Crippen molar-refractivity contribution in [2.75, 3.05) is 34.3 Å². The van der Waals surface area contributed by atoms with Gasteiger partial charge in [0, 0.05) is 18.8 Å². The van der Waals surface area contributed by atoms with Gasteiger partial charge >= 0.3 is 0 Å². The van der Waals surface area contributed by atoms with Crippen LogP contribution in [0.1, 0.15) is 27.3 Å². The highest BCUT2D eigenvalue weighted by Crippen LogP contribution is 2.22. The molecule has 0 aliphatic carbocycles. The van der Waals surface area contributed by atoms with Gasteiger partial charge in [-0.1, -0.05) is 11.6 Å². The summed E-state index contributed by atoms with van der Waals surface area (Å²) in [6, 6.07) is 5.66. The van der Waals surface area contributed by atoms with Crippen LogP contribution in [-0.2, 0) is 6.54 Å². The van der Waals surface area contributed by atoms with E-state index in [1.54, 1.807) is 13.4 Å². The van der Waals surface area contributed by atoms with Gasteiger partial charge in [-0.2, -0.15) is 0 Å². The first-order valence-electron chi connectivity index (χ1n) is 8.00. The van der Waals surface area contributed by atoms with Crippen molar-refractivity contribution in [3.8, 4) is 5.75 Å². The Hall–Kier alpha value is -2.34. The van der Waals surface area contributed by atoms with Crippen LogP contribution in [0.15, 0.2) is 24.5 Å². The van der Waals surface area contributed by atoms with E-state index in [0.717, 1.165) is 23.5 Å². The van der Waals surface area contributed by atoms with Gasteiger partial charge in [0.25, 0.3) is 5.91 Å². The second kappa shape index (κ2) is 7.97. The number of aromatic nitrogens is 2. The lowest BCUT2D eigenvalue weighted by atomic mass is 10.1. The number of likely N-dealkylation sites (N-methyl/N-ethyl adjacent to an activating group) is 1. The lowest BCUT2D eigenvalue weighted by molar-refractivity contribution is 0.0726. The molecule has 2 aromatic rings. The van der Waals surface area contributed by atoms with Crippen LogP contribution in [0, 0.1) is 13.8 Å². The Balaban J connectivity index is 2.30. The molecule has 0 atom stereocenters. The molecule has 2 rings (SSSR count). The molecule has 0 aliphatic heterocycles. The SMILES string of the molecule is COc1ccc(C)cc1C(=O)N(CCN(C)C)Cc1nc[nH]c1C. The van der Waals surface area contributed by atoms with E-state index < -0.39 is 0 Å². The number of aryl methyl sites for hydroxylation is 2. The summed E-state index contributed by atoms with van der Waals surface area (Å²) in [5, 5.41) is 0. The van der Waals surface area contributed by atoms with Crippen molar-refractivity contribution in [1.29, 1.82) is 0 Å². The van der Waals surface area contributed by atoms with Gasteiger partial charge in [0.1, 0.15) is 5.75 Å². The quantitative estimate of drug-likeness (QED) is 0.846. The number of ether oxygens (including phenoxy) is 1. The first kappa shape index (κ1) is 18.0. The standard InChI is InChI=1S/C18H26N4O2/c1-13-6-7-17(24-5)15(10-13)18(23)22(9-8-21(3)4)11-16-14(2)19-12-20-16/h6-7,10,12H,8-9,11H2,1-5H3,(H,19,20). The molecule has 24 heavy (non-hydrogen) atoms. The van der Waals surface area contributed by atoms with Crippen molar-refractivity contribution in [2.45, 2.75) is 20.4 Å². The van der Waals surface area contributed by atoms with Crippen molar-refractivity contribution >= 4 is 5.91 Å². The maximum atomic E-state index is 13.1. The molecule has 0 fully saturated rings. The summed E-state index contributed by atoms with van der Waals surface area (Å²) in [7, 11) is 5.58. The molecule has 0 spiro atoms. The van der Waals surface area contributed by atoms with Crippen molar-refractivity contribution in [3.63, 3.8) is 0 Å². The zero-order chi connectivity index (χ0) is 17.7. The molecule has 1 heterocycles. The van der Waals surface area contributed by atoms with Gasteiger partial charge in [-0.3, -0.25) is 4.79 Å². The molecular formula is C18H26N4O2. The van der Waals surface area contributed by atoms with Crippen LogP contribution in [0.25, 0.3) is 0 Å². The number of hydrogen-bond acceptors (Lipinski definition) is 4. The molecule has 1 aromatic carbocycles. The number of imidazole rings is 1. The fourth-order valence-electron chi connectivity index (χ4n) is 2.46. The second-order valence-electron chi connectivity index (χ2n) is 6.21. The summed E-state index contributed by atoms with van der Waals surface area (Å²) >= 11 is 0. The molecule has 6 nitrogen and oxygen atoms in total. The summed E-state index contributed by atoms with van der Waals surface area (Å²) in [5.74, 6) is 0.555. The molecule has 6 heteroatoms. The number of benzene rings is 1. The molecule has 0 bridgehead atoms. The Morgan fingerprint density at radius 3 is 2.58 bits per heavy atom. The number of nitrogens with one attached hydrogen (secondary N) is 1. The van der Waals surface area contributed by atoms with E-state index in [1.807, 2.05) is 51.0 Å². The Morgan fingerprint density at radius 1 is 1.25 bits per heavy atom. The lowest BCUT2D eigenvalue weighted by Crippen LogP contribution is -2.36. The van der Waals surface area contributed by atoms with E-state index in [9.17, 15) is 4.79 Å². The highest BCUT2D eigenvalue weighted by molar-refractivity contribution is 5.97. The minimum atomic E-state index is -0.0419. The first-order valence-corrected chi connectivity index (χ1v) is 8.00. The average molecular weight is 330 g/mol. The Labute approximate surface area is 143 Å². The fourth-order valence-corrected chi connectivity index (χ4v) is 2.46. The van der Waals surface area contributed by atoms with Crippen molar-refractivity contribution in [3.05, 3.63) is 47.0 Å². The van der Waals surface area contributed by atoms with E-state index in [1.165, 1.54) is 0 Å². The van der Waals surface area contributed by atoms with Crippen LogP contribution in [0.2, 0.25) is 0 Å². The van der Waals surface area contributed by atoms with Gasteiger partial charge in [-0.15, -0.1) is 0 Å². The summed E-state index contributed by atoms with van der Waals surface area (Å²) in [5.41, 5.74) is 3.48. The molecule has 1 N–H and O–H groups in total. The van der Waals surface area contributed by atoms with Crippen LogP contribution in [0.3, 0.4) is 0 Å². The third kappa shape index (κ3) is 4.35. The number of carbonyl (C=O) groups is 1. The average Bonchev–Trinajstić information content (AvgIpc) is 2.95. The fraction of sp³-hybridized carbons (Fsp3) is 0.444. The topological polar surface area (TPSA) is 61.5 Å². The molecule has 0 radical (unpaired) electrons. The molecule has 1 amide bonds. The molecule has 0 saturated carbocycles. The zero-order valence-electron chi connectivity index (χ0n) is 15.1. The number of aromatic amines is 1. The highest BCUT2D eigenvalue weighted by atomic mass is 16.5. The number of methoxy groups -OCH3 is 1. The van der Waals surface area contributed by atoms with Crippen molar-refractivity contribution in [2.24, 2.45) is 0 Å². The van der Waals surface area contributed by atoms with Crippen LogP contribution in [0.5, 0.6) is 5.75 Å². The summed E-state index contributed by atoms with van der Waals surface area (Å²) in [4.78, 5) is 24.4. The minimum absolute atomic E-state index is 0.0419. The second-order valence-corrected chi connectivity index (χ2v) is 6.21. The largest absolute Gasteiger partial charge is 0.496 e. The molecule has 130 valence electrons. The smallest absolute Gasteiger partial charge is 0.258 e. The molecule has 1 aromatic heterocycles. The molecular weight excluding hydrogens is 304 g/mol. The lowest BCUT2D eigenvalue weighted by Gasteiger charge is -2.25. The third-order valence-electron chi connectivity index (χ3n) is 3.96. The Kier molecular flexibility index (Phi) is 5.98. The predicted octanol–water partition coefficient (Wildman–Crippen LogP) is 2.24. The van der Waals surface area contributed by atoms with Gasteiger partial charge in [0.05, 0.1) is 31.2 Å². The predicted molar refractivity (Wildman–Crippen MR) is 94.4 cm³/mol. The third-order valence-corrected chi connectivity index (χ3v) is 3.96. The summed E-state index contributed by atoms with van der Waals surface area (Å²) in [6.45, 7) is 5.81. The Morgan fingerprint density at radius 2 is 2.00 bits per heavy atom. The number of H-pyrrole nitrogens is 1. The summed E-state index contributed by atoms with van der Waals surface area (Å²) in [6.07, 6.45) is 1.66. The normalized spacial score (nSPS) is 10.9. The number of nitrogens with zero attached hydrogens (tertiary/aromatic N) is 3. The first-order chi connectivity index (χ1) is 11.4. The van der Waals surface area contributed by atoms with Gasteiger partial charge in [0.2, 0.25) is 0 Å². The molecule has 0 saturated heterocycles. The maximum absolute atomic E-state index is 13.1. The van der Waals surface area contributed by atoms with E-state index in [0.29, 0.717) is 24.4 Å². The maximum Gasteiger partial charge on any atom is 0.258 e. The van der Waals surface area contributed by atoms with E-state index in [4.69, 9.17) is 4.74 Å². The van der Waals surface area contributed by atoms with Gasteiger partial charge < -0.3 is 19.5 Å². The van der Waals surface area contributed by atoms with Gasteiger partial charge in [-0.05, 0) is 40.1 Å².